The topological polar surface area (TPSA) is 58.9 Å². The van der Waals surface area contributed by atoms with Crippen LogP contribution in [0.2, 0.25) is 0 Å². The SMILES string of the molecule is Nc1c[nH]c(=O)cc1-c1ccccc1. The average Bonchev–Trinajstić information content (AvgIpc) is 2.23. The summed E-state index contributed by atoms with van der Waals surface area (Å²) in [6, 6.07) is 11.1. The van der Waals surface area contributed by atoms with Gasteiger partial charge in [0.1, 0.15) is 0 Å². The molecule has 14 heavy (non-hydrogen) atoms. The Balaban J connectivity index is 2.62. The molecule has 0 aliphatic carbocycles. The molecular weight excluding hydrogens is 176 g/mol. The second-order valence-corrected chi connectivity index (χ2v) is 3.03. The molecule has 2 aromatic rings. The molecule has 0 atom stereocenters. The van der Waals surface area contributed by atoms with E-state index in [4.69, 9.17) is 5.73 Å². The van der Waals surface area contributed by atoms with Crippen LogP contribution in [0.1, 0.15) is 0 Å². The van der Waals surface area contributed by atoms with Gasteiger partial charge in [-0.25, -0.2) is 0 Å². The van der Waals surface area contributed by atoms with Gasteiger partial charge in [0.25, 0.3) is 0 Å². The van der Waals surface area contributed by atoms with E-state index < -0.39 is 0 Å². The van der Waals surface area contributed by atoms with E-state index in [1.165, 1.54) is 12.3 Å². The second kappa shape index (κ2) is 3.38. The van der Waals surface area contributed by atoms with Crippen molar-refractivity contribution >= 4 is 5.69 Å². The van der Waals surface area contributed by atoms with Gasteiger partial charge in [-0.3, -0.25) is 4.79 Å². The summed E-state index contributed by atoms with van der Waals surface area (Å²) in [5, 5.41) is 0. The normalized spacial score (nSPS) is 10.0. The Labute approximate surface area is 81.2 Å². The lowest BCUT2D eigenvalue weighted by Crippen LogP contribution is -2.05. The first kappa shape index (κ1) is 8.56. The summed E-state index contributed by atoms with van der Waals surface area (Å²) in [5.74, 6) is 0. The molecule has 1 heterocycles. The number of hydrogen-bond acceptors (Lipinski definition) is 2. The van der Waals surface area contributed by atoms with Crippen LogP contribution < -0.4 is 11.3 Å². The summed E-state index contributed by atoms with van der Waals surface area (Å²) in [7, 11) is 0. The van der Waals surface area contributed by atoms with Gasteiger partial charge in [0, 0.05) is 17.8 Å². The summed E-state index contributed by atoms with van der Waals surface area (Å²) >= 11 is 0. The zero-order chi connectivity index (χ0) is 9.97. The molecular formula is C11H10N2O. The molecule has 1 aromatic carbocycles. The van der Waals surface area contributed by atoms with Crippen LogP contribution in [-0.2, 0) is 0 Å². The Bertz CT molecular complexity index is 488. The molecule has 0 unspecified atom stereocenters. The van der Waals surface area contributed by atoms with Crippen LogP contribution >= 0.6 is 0 Å². The molecule has 0 fully saturated rings. The lowest BCUT2D eigenvalue weighted by molar-refractivity contribution is 1.24. The minimum absolute atomic E-state index is 0.141. The fraction of sp³-hybridized carbons (Fsp3) is 0. The maximum Gasteiger partial charge on any atom is 0.248 e. The molecule has 0 saturated carbocycles. The van der Waals surface area contributed by atoms with Crippen LogP contribution in [-0.4, -0.2) is 4.98 Å². The lowest BCUT2D eigenvalue weighted by atomic mass is 10.1. The number of nitrogens with two attached hydrogens (primary N) is 1. The number of rotatable bonds is 1. The first-order chi connectivity index (χ1) is 6.77. The van der Waals surface area contributed by atoms with Crippen LogP contribution in [0, 0.1) is 0 Å². The summed E-state index contributed by atoms with van der Waals surface area (Å²) < 4.78 is 0. The fourth-order valence-electron chi connectivity index (χ4n) is 1.35. The smallest absolute Gasteiger partial charge is 0.248 e. The molecule has 0 amide bonds. The van der Waals surface area contributed by atoms with Crippen molar-refractivity contribution in [2.75, 3.05) is 5.73 Å². The summed E-state index contributed by atoms with van der Waals surface area (Å²) in [5.41, 5.74) is 7.92. The molecule has 0 aliphatic rings. The Morgan fingerprint density at radius 1 is 1.14 bits per heavy atom. The molecule has 0 saturated heterocycles. The van der Waals surface area contributed by atoms with E-state index in [1.807, 2.05) is 30.3 Å². The van der Waals surface area contributed by atoms with E-state index in [-0.39, 0.29) is 5.56 Å². The maximum absolute atomic E-state index is 11.1. The predicted octanol–water partition coefficient (Wildman–Crippen LogP) is 1.62. The highest BCUT2D eigenvalue weighted by Gasteiger charge is 2.01. The number of aromatic amines is 1. The number of nitrogens with one attached hydrogen (secondary N) is 1. The molecule has 2 rings (SSSR count). The molecule has 0 bridgehead atoms. The monoisotopic (exact) mass is 186 g/mol. The number of H-pyrrole nitrogens is 1. The number of pyridine rings is 1. The zero-order valence-electron chi connectivity index (χ0n) is 7.53. The molecule has 70 valence electrons. The largest absolute Gasteiger partial charge is 0.397 e. The van der Waals surface area contributed by atoms with E-state index in [0.717, 1.165) is 11.1 Å². The fourth-order valence-corrected chi connectivity index (χ4v) is 1.35. The van der Waals surface area contributed by atoms with Crippen molar-refractivity contribution in [1.29, 1.82) is 0 Å². The number of nitrogen functional groups attached to an aromatic ring is 1. The summed E-state index contributed by atoms with van der Waals surface area (Å²) in [4.78, 5) is 13.6. The third-order valence-corrected chi connectivity index (χ3v) is 2.04. The molecule has 0 aliphatic heterocycles. The van der Waals surface area contributed by atoms with Gasteiger partial charge in [0.05, 0.1) is 5.69 Å². The Hall–Kier alpha value is -2.03. The average molecular weight is 186 g/mol. The van der Waals surface area contributed by atoms with Crippen molar-refractivity contribution in [3.05, 3.63) is 52.9 Å². The van der Waals surface area contributed by atoms with Crippen LogP contribution in [0.15, 0.2) is 47.4 Å². The Kier molecular flexibility index (Phi) is 2.07. The summed E-state index contributed by atoms with van der Waals surface area (Å²) in [6.07, 6.45) is 1.52. The van der Waals surface area contributed by atoms with Crippen molar-refractivity contribution in [3.63, 3.8) is 0 Å². The van der Waals surface area contributed by atoms with Crippen LogP contribution in [0.25, 0.3) is 11.1 Å². The zero-order valence-corrected chi connectivity index (χ0v) is 7.53. The van der Waals surface area contributed by atoms with E-state index in [2.05, 4.69) is 4.98 Å². The third-order valence-electron chi connectivity index (χ3n) is 2.04. The number of aromatic nitrogens is 1. The van der Waals surface area contributed by atoms with Gasteiger partial charge in [-0.1, -0.05) is 30.3 Å². The maximum atomic E-state index is 11.1. The molecule has 3 heteroatoms. The second-order valence-electron chi connectivity index (χ2n) is 3.03. The number of anilines is 1. The lowest BCUT2D eigenvalue weighted by Gasteiger charge is -2.03. The molecule has 1 aromatic heterocycles. The van der Waals surface area contributed by atoms with Gasteiger partial charge in [-0.05, 0) is 5.56 Å². The van der Waals surface area contributed by atoms with Gasteiger partial charge in [0.2, 0.25) is 5.56 Å². The third kappa shape index (κ3) is 1.52. The van der Waals surface area contributed by atoms with Crippen LogP contribution in [0.3, 0.4) is 0 Å². The van der Waals surface area contributed by atoms with E-state index in [9.17, 15) is 4.79 Å². The van der Waals surface area contributed by atoms with Crippen LogP contribution in [0.4, 0.5) is 5.69 Å². The molecule has 0 radical (unpaired) electrons. The van der Waals surface area contributed by atoms with Crippen molar-refractivity contribution in [2.45, 2.75) is 0 Å². The summed E-state index contributed by atoms with van der Waals surface area (Å²) in [6.45, 7) is 0. The van der Waals surface area contributed by atoms with Crippen LogP contribution in [0.5, 0.6) is 0 Å². The van der Waals surface area contributed by atoms with Gasteiger partial charge in [0.15, 0.2) is 0 Å². The highest BCUT2D eigenvalue weighted by molar-refractivity contribution is 5.75. The van der Waals surface area contributed by atoms with Crippen molar-refractivity contribution < 1.29 is 0 Å². The molecule has 3 nitrogen and oxygen atoms in total. The highest BCUT2D eigenvalue weighted by Crippen LogP contribution is 2.22. The first-order valence-corrected chi connectivity index (χ1v) is 4.31. The minimum Gasteiger partial charge on any atom is -0.397 e. The van der Waals surface area contributed by atoms with Gasteiger partial charge in [-0.2, -0.15) is 0 Å². The quantitative estimate of drug-likeness (QED) is 0.711. The van der Waals surface area contributed by atoms with E-state index in [1.54, 1.807) is 0 Å². The Morgan fingerprint density at radius 3 is 2.57 bits per heavy atom. The minimum atomic E-state index is -0.141. The van der Waals surface area contributed by atoms with Gasteiger partial charge >= 0.3 is 0 Å². The first-order valence-electron chi connectivity index (χ1n) is 4.31. The van der Waals surface area contributed by atoms with E-state index >= 15 is 0 Å². The molecule has 3 N–H and O–H groups in total. The van der Waals surface area contributed by atoms with E-state index in [0.29, 0.717) is 5.69 Å². The number of benzene rings is 1. The van der Waals surface area contributed by atoms with Crippen molar-refractivity contribution in [1.82, 2.24) is 4.98 Å². The number of hydrogen-bond donors (Lipinski definition) is 2. The van der Waals surface area contributed by atoms with Gasteiger partial charge < -0.3 is 10.7 Å². The molecule has 0 spiro atoms. The van der Waals surface area contributed by atoms with Crippen molar-refractivity contribution in [3.8, 4) is 11.1 Å². The predicted molar refractivity (Wildman–Crippen MR) is 56.9 cm³/mol. The highest BCUT2D eigenvalue weighted by atomic mass is 16.1. The standard InChI is InChI=1S/C11H10N2O/c12-10-7-13-11(14)6-9(10)8-4-2-1-3-5-8/h1-7H,12H2,(H,13,14). The van der Waals surface area contributed by atoms with Crippen molar-refractivity contribution in [2.24, 2.45) is 0 Å². The Morgan fingerprint density at radius 2 is 1.86 bits per heavy atom. The van der Waals surface area contributed by atoms with Gasteiger partial charge in [-0.15, -0.1) is 0 Å².